The predicted octanol–water partition coefficient (Wildman–Crippen LogP) is 1.07. The number of hydrogen-bond acceptors (Lipinski definition) is 3. The Morgan fingerprint density at radius 1 is 1.20 bits per heavy atom. The Morgan fingerprint density at radius 3 is 2.40 bits per heavy atom. The molecule has 0 saturated carbocycles. The minimum Gasteiger partial charge on any atom is -0.480 e. The summed E-state index contributed by atoms with van der Waals surface area (Å²) in [5, 5.41) is 9.16. The van der Waals surface area contributed by atoms with Gasteiger partial charge in [-0.15, -0.1) is 0 Å². The van der Waals surface area contributed by atoms with Gasteiger partial charge in [0.2, 0.25) is 0 Å². The van der Waals surface area contributed by atoms with Gasteiger partial charge in [0.15, 0.2) is 0 Å². The van der Waals surface area contributed by atoms with Gasteiger partial charge in [-0.3, -0.25) is 4.90 Å². The smallest absolute Gasteiger partial charge is 0.326 e. The summed E-state index contributed by atoms with van der Waals surface area (Å²) in [4.78, 5) is 29.3. The van der Waals surface area contributed by atoms with Crippen molar-refractivity contribution in [2.24, 2.45) is 0 Å². The summed E-state index contributed by atoms with van der Waals surface area (Å²) < 4.78 is 0. The molecular weight excluding hydrogens is 258 g/mol. The van der Waals surface area contributed by atoms with E-state index < -0.39 is 12.0 Å². The van der Waals surface area contributed by atoms with Crippen molar-refractivity contribution in [3.8, 4) is 0 Å². The molecule has 0 aliphatic carbocycles. The molecule has 2 saturated heterocycles. The number of rotatable bonds is 3. The molecule has 20 heavy (non-hydrogen) atoms. The van der Waals surface area contributed by atoms with Crippen LogP contribution in [0, 0.1) is 0 Å². The molecule has 0 spiro atoms. The Balaban J connectivity index is 1.90. The zero-order chi connectivity index (χ0) is 14.7. The van der Waals surface area contributed by atoms with Crippen molar-refractivity contribution in [3.05, 3.63) is 0 Å². The first-order valence-corrected chi connectivity index (χ1v) is 7.57. The molecule has 2 amide bonds. The number of piperazine rings is 1. The van der Waals surface area contributed by atoms with Crippen LogP contribution in [-0.4, -0.2) is 76.6 Å². The fourth-order valence-electron chi connectivity index (χ4n) is 3.05. The van der Waals surface area contributed by atoms with Crippen LogP contribution in [0.25, 0.3) is 0 Å². The number of carbonyl (C=O) groups excluding carboxylic acids is 1. The van der Waals surface area contributed by atoms with Crippen molar-refractivity contribution in [3.63, 3.8) is 0 Å². The summed E-state index contributed by atoms with van der Waals surface area (Å²) in [7, 11) is 0. The number of carboxylic acids is 1. The van der Waals surface area contributed by atoms with E-state index in [0.717, 1.165) is 25.9 Å². The molecule has 114 valence electrons. The second kappa shape index (κ2) is 6.43. The maximum Gasteiger partial charge on any atom is 0.326 e. The third-order valence-corrected chi connectivity index (χ3v) is 4.58. The van der Waals surface area contributed by atoms with Crippen molar-refractivity contribution >= 4 is 12.0 Å². The van der Waals surface area contributed by atoms with Gasteiger partial charge >= 0.3 is 12.0 Å². The first-order valence-electron chi connectivity index (χ1n) is 7.57. The van der Waals surface area contributed by atoms with Gasteiger partial charge < -0.3 is 14.9 Å². The Morgan fingerprint density at radius 2 is 1.85 bits per heavy atom. The van der Waals surface area contributed by atoms with Crippen molar-refractivity contribution in [1.29, 1.82) is 0 Å². The highest BCUT2D eigenvalue weighted by molar-refractivity contribution is 5.83. The predicted molar refractivity (Wildman–Crippen MR) is 75.7 cm³/mol. The van der Waals surface area contributed by atoms with Crippen LogP contribution < -0.4 is 0 Å². The van der Waals surface area contributed by atoms with Gasteiger partial charge in [0.05, 0.1) is 0 Å². The number of nitrogens with zero attached hydrogens (tertiary/aromatic N) is 3. The van der Waals surface area contributed by atoms with Gasteiger partial charge in [0.1, 0.15) is 6.04 Å². The van der Waals surface area contributed by atoms with Gasteiger partial charge in [-0.25, -0.2) is 9.59 Å². The second-order valence-corrected chi connectivity index (χ2v) is 5.75. The average Bonchev–Trinajstić information content (AvgIpc) is 2.95. The molecule has 2 rings (SSSR count). The third-order valence-electron chi connectivity index (χ3n) is 4.58. The van der Waals surface area contributed by atoms with Crippen LogP contribution >= 0.6 is 0 Å². The van der Waals surface area contributed by atoms with Crippen LogP contribution in [0.5, 0.6) is 0 Å². The van der Waals surface area contributed by atoms with Gasteiger partial charge in [-0.05, 0) is 26.2 Å². The van der Waals surface area contributed by atoms with E-state index in [0.29, 0.717) is 32.1 Å². The van der Waals surface area contributed by atoms with Gasteiger partial charge in [-0.1, -0.05) is 6.92 Å². The molecule has 2 atom stereocenters. The third kappa shape index (κ3) is 3.06. The van der Waals surface area contributed by atoms with Crippen molar-refractivity contribution in [2.45, 2.75) is 45.2 Å². The van der Waals surface area contributed by atoms with Gasteiger partial charge in [0, 0.05) is 38.8 Å². The van der Waals surface area contributed by atoms with Crippen LogP contribution in [0.15, 0.2) is 0 Å². The minimum absolute atomic E-state index is 0.0984. The minimum atomic E-state index is -0.880. The number of amides is 2. The van der Waals surface area contributed by atoms with Crippen LogP contribution in [-0.2, 0) is 4.79 Å². The maximum absolute atomic E-state index is 12.4. The zero-order valence-electron chi connectivity index (χ0n) is 12.4. The van der Waals surface area contributed by atoms with Gasteiger partial charge in [-0.2, -0.15) is 0 Å². The van der Waals surface area contributed by atoms with E-state index in [9.17, 15) is 9.59 Å². The lowest BCUT2D eigenvalue weighted by atomic mass is 10.2. The number of aliphatic carboxylic acids is 1. The lowest BCUT2D eigenvalue weighted by Crippen LogP contribution is -2.55. The average molecular weight is 283 g/mol. The molecule has 2 aliphatic heterocycles. The Bertz CT molecular complexity index is 367. The van der Waals surface area contributed by atoms with E-state index in [1.54, 1.807) is 4.90 Å². The number of urea groups is 1. The van der Waals surface area contributed by atoms with Crippen molar-refractivity contribution in [2.75, 3.05) is 32.7 Å². The highest BCUT2D eigenvalue weighted by Gasteiger charge is 2.37. The molecule has 6 nitrogen and oxygen atoms in total. The summed E-state index contributed by atoms with van der Waals surface area (Å²) in [6.45, 7) is 8.11. The number of hydrogen-bond donors (Lipinski definition) is 1. The summed E-state index contributed by atoms with van der Waals surface area (Å²) in [6.07, 6.45) is 2.48. The summed E-state index contributed by atoms with van der Waals surface area (Å²) >= 11 is 0. The monoisotopic (exact) mass is 283 g/mol. The first kappa shape index (κ1) is 15.1. The molecule has 0 bridgehead atoms. The largest absolute Gasteiger partial charge is 0.480 e. The van der Waals surface area contributed by atoms with Crippen LogP contribution in [0.2, 0.25) is 0 Å². The van der Waals surface area contributed by atoms with E-state index in [-0.39, 0.29) is 6.03 Å². The molecule has 2 heterocycles. The van der Waals surface area contributed by atoms with Gasteiger partial charge in [0.25, 0.3) is 0 Å². The molecule has 0 radical (unpaired) electrons. The van der Waals surface area contributed by atoms with E-state index in [4.69, 9.17) is 5.11 Å². The van der Waals surface area contributed by atoms with Crippen LogP contribution in [0.1, 0.15) is 33.1 Å². The number of carbonyl (C=O) groups is 2. The SMILES string of the molecule is CCC(C)N1CCN(C(=O)N2CCCC2C(=O)O)CC1. The molecule has 0 aromatic rings. The molecule has 6 heteroatoms. The number of carboxylic acid groups (broad SMARTS) is 1. The molecule has 0 aromatic carbocycles. The quantitative estimate of drug-likeness (QED) is 0.841. The molecule has 2 fully saturated rings. The second-order valence-electron chi connectivity index (χ2n) is 5.75. The van der Waals surface area contributed by atoms with E-state index >= 15 is 0 Å². The van der Waals surface area contributed by atoms with Crippen molar-refractivity contribution in [1.82, 2.24) is 14.7 Å². The topological polar surface area (TPSA) is 64.1 Å². The molecule has 2 unspecified atom stereocenters. The maximum atomic E-state index is 12.4. The normalized spacial score (nSPS) is 25.8. The van der Waals surface area contributed by atoms with E-state index in [1.807, 2.05) is 0 Å². The summed E-state index contributed by atoms with van der Waals surface area (Å²) in [5.74, 6) is -0.880. The van der Waals surface area contributed by atoms with Crippen LogP contribution in [0.4, 0.5) is 4.79 Å². The fourth-order valence-corrected chi connectivity index (χ4v) is 3.05. The Hall–Kier alpha value is -1.30. The zero-order valence-corrected chi connectivity index (χ0v) is 12.4. The Kier molecular flexibility index (Phi) is 4.86. The summed E-state index contributed by atoms with van der Waals surface area (Å²) in [6, 6.07) is -0.181. The molecule has 2 aliphatic rings. The Labute approximate surface area is 120 Å². The lowest BCUT2D eigenvalue weighted by molar-refractivity contribution is -0.141. The first-order chi connectivity index (χ1) is 9.54. The molecular formula is C14H25N3O3. The van der Waals surface area contributed by atoms with E-state index in [2.05, 4.69) is 18.7 Å². The highest BCUT2D eigenvalue weighted by atomic mass is 16.4. The fraction of sp³-hybridized carbons (Fsp3) is 0.857. The number of likely N-dealkylation sites (tertiary alicyclic amines) is 1. The van der Waals surface area contributed by atoms with Crippen LogP contribution in [0.3, 0.4) is 0 Å². The van der Waals surface area contributed by atoms with Crippen molar-refractivity contribution < 1.29 is 14.7 Å². The lowest BCUT2D eigenvalue weighted by Gasteiger charge is -2.39. The standard InChI is InChI=1S/C14H25N3O3/c1-3-11(2)15-7-9-16(10-8-15)14(20)17-6-4-5-12(17)13(18)19/h11-12H,3-10H2,1-2H3,(H,18,19). The van der Waals surface area contributed by atoms with E-state index in [1.165, 1.54) is 4.90 Å². The molecule has 0 aromatic heterocycles. The highest BCUT2D eigenvalue weighted by Crippen LogP contribution is 2.20. The summed E-state index contributed by atoms with van der Waals surface area (Å²) in [5.41, 5.74) is 0. The molecule has 1 N–H and O–H groups in total.